The Morgan fingerprint density at radius 2 is 1.90 bits per heavy atom. The molecule has 118 valence electrons. The molecule has 0 aliphatic carbocycles. The number of hydrogen-bond acceptors (Lipinski definition) is 2. The molecule has 0 spiro atoms. The third-order valence-electron chi connectivity index (χ3n) is 3.65. The maximum absolute atomic E-state index is 12.3. The molecular weight excluding hydrogens is 260 g/mol. The first-order valence-electron chi connectivity index (χ1n) is 8.09. The highest BCUT2D eigenvalue weighted by Crippen LogP contribution is 2.16. The zero-order valence-corrected chi connectivity index (χ0v) is 14.1. The summed E-state index contributed by atoms with van der Waals surface area (Å²) < 4.78 is 0. The normalized spacial score (nSPS) is 12.3. The lowest BCUT2D eigenvalue weighted by Crippen LogP contribution is -2.33. The Morgan fingerprint density at radius 3 is 2.48 bits per heavy atom. The first kappa shape index (κ1) is 17.5. The summed E-state index contributed by atoms with van der Waals surface area (Å²) in [5.74, 6) is 0.765. The van der Waals surface area contributed by atoms with Crippen molar-refractivity contribution in [1.82, 2.24) is 5.32 Å². The fourth-order valence-corrected chi connectivity index (χ4v) is 2.44. The third kappa shape index (κ3) is 6.19. The molecule has 1 aromatic rings. The van der Waals surface area contributed by atoms with Gasteiger partial charge in [-0.05, 0) is 56.9 Å². The van der Waals surface area contributed by atoms with Gasteiger partial charge in [0, 0.05) is 23.8 Å². The van der Waals surface area contributed by atoms with E-state index in [0.29, 0.717) is 0 Å². The van der Waals surface area contributed by atoms with E-state index < -0.39 is 0 Å². The van der Waals surface area contributed by atoms with E-state index in [4.69, 9.17) is 0 Å². The van der Waals surface area contributed by atoms with Crippen LogP contribution in [0.15, 0.2) is 18.2 Å². The smallest absolute Gasteiger partial charge is 0.251 e. The lowest BCUT2D eigenvalue weighted by molar-refractivity contribution is 0.0937. The Bertz CT molecular complexity index is 455. The van der Waals surface area contributed by atoms with Gasteiger partial charge in [-0.15, -0.1) is 0 Å². The van der Waals surface area contributed by atoms with Crippen LogP contribution in [0.5, 0.6) is 0 Å². The van der Waals surface area contributed by atoms with Gasteiger partial charge in [0.25, 0.3) is 5.91 Å². The Hall–Kier alpha value is -1.51. The maximum Gasteiger partial charge on any atom is 0.251 e. The molecule has 0 radical (unpaired) electrons. The maximum atomic E-state index is 12.3. The van der Waals surface area contributed by atoms with Crippen molar-refractivity contribution in [2.24, 2.45) is 5.92 Å². The van der Waals surface area contributed by atoms with Crippen molar-refractivity contribution >= 4 is 11.6 Å². The van der Waals surface area contributed by atoms with Crippen molar-refractivity contribution in [2.45, 2.75) is 59.9 Å². The van der Waals surface area contributed by atoms with E-state index in [0.717, 1.165) is 42.1 Å². The molecule has 0 bridgehead atoms. The standard InChI is InChI=1S/C18H30N2O/c1-6-19-16-10-11-17(14(4)12-16)18(21)20-15(5)9-7-8-13(2)3/h10-13,15,19H,6-9H2,1-5H3,(H,20,21). The monoisotopic (exact) mass is 290 g/mol. The van der Waals surface area contributed by atoms with E-state index in [2.05, 4.69) is 38.3 Å². The van der Waals surface area contributed by atoms with Gasteiger partial charge in [-0.2, -0.15) is 0 Å². The van der Waals surface area contributed by atoms with Gasteiger partial charge >= 0.3 is 0 Å². The first-order valence-corrected chi connectivity index (χ1v) is 8.09. The van der Waals surface area contributed by atoms with E-state index in [-0.39, 0.29) is 11.9 Å². The molecule has 0 aromatic heterocycles. The predicted octanol–water partition coefficient (Wildman–Crippen LogP) is 4.37. The summed E-state index contributed by atoms with van der Waals surface area (Å²) in [6, 6.07) is 6.13. The molecule has 1 atom stereocenters. The Kier molecular flexibility index (Phi) is 7.27. The largest absolute Gasteiger partial charge is 0.385 e. The molecule has 2 N–H and O–H groups in total. The molecule has 3 heteroatoms. The van der Waals surface area contributed by atoms with Crippen LogP contribution < -0.4 is 10.6 Å². The zero-order chi connectivity index (χ0) is 15.8. The minimum absolute atomic E-state index is 0.0348. The van der Waals surface area contributed by atoms with Crippen molar-refractivity contribution in [1.29, 1.82) is 0 Å². The fraction of sp³-hybridized carbons (Fsp3) is 0.611. The lowest BCUT2D eigenvalue weighted by atomic mass is 10.0. The second-order valence-corrected chi connectivity index (χ2v) is 6.26. The van der Waals surface area contributed by atoms with Gasteiger partial charge in [-0.1, -0.05) is 26.7 Å². The Morgan fingerprint density at radius 1 is 1.19 bits per heavy atom. The molecule has 1 rings (SSSR count). The molecule has 1 aromatic carbocycles. The van der Waals surface area contributed by atoms with Gasteiger partial charge in [0.2, 0.25) is 0 Å². The number of anilines is 1. The molecular formula is C18H30N2O. The summed E-state index contributed by atoms with van der Waals surface area (Å²) in [5.41, 5.74) is 2.85. The summed E-state index contributed by atoms with van der Waals surface area (Å²) in [6.07, 6.45) is 3.42. The highest BCUT2D eigenvalue weighted by Gasteiger charge is 2.12. The van der Waals surface area contributed by atoms with Crippen LogP contribution in [-0.4, -0.2) is 18.5 Å². The lowest BCUT2D eigenvalue weighted by Gasteiger charge is -2.16. The number of benzene rings is 1. The quantitative estimate of drug-likeness (QED) is 0.746. The highest BCUT2D eigenvalue weighted by atomic mass is 16.1. The fourth-order valence-electron chi connectivity index (χ4n) is 2.44. The summed E-state index contributed by atoms with van der Waals surface area (Å²) in [5, 5.41) is 6.36. The van der Waals surface area contributed by atoms with Gasteiger partial charge < -0.3 is 10.6 Å². The molecule has 0 aliphatic rings. The molecule has 0 saturated carbocycles. The number of hydrogen-bond donors (Lipinski definition) is 2. The van der Waals surface area contributed by atoms with Crippen LogP contribution in [0.3, 0.4) is 0 Å². The van der Waals surface area contributed by atoms with Crippen LogP contribution in [0, 0.1) is 12.8 Å². The van der Waals surface area contributed by atoms with Crippen LogP contribution in [0.4, 0.5) is 5.69 Å². The molecule has 1 amide bonds. The third-order valence-corrected chi connectivity index (χ3v) is 3.65. The molecule has 0 heterocycles. The topological polar surface area (TPSA) is 41.1 Å². The van der Waals surface area contributed by atoms with Gasteiger partial charge in [-0.3, -0.25) is 4.79 Å². The Labute approximate surface area is 129 Å². The minimum atomic E-state index is 0.0348. The SMILES string of the molecule is CCNc1ccc(C(=O)NC(C)CCCC(C)C)c(C)c1. The average Bonchev–Trinajstić information content (AvgIpc) is 2.38. The van der Waals surface area contributed by atoms with Gasteiger partial charge in [0.05, 0.1) is 0 Å². The molecule has 3 nitrogen and oxygen atoms in total. The van der Waals surface area contributed by atoms with Gasteiger partial charge in [0.15, 0.2) is 0 Å². The van der Waals surface area contributed by atoms with E-state index in [1.807, 2.05) is 25.1 Å². The number of amides is 1. The second-order valence-electron chi connectivity index (χ2n) is 6.26. The van der Waals surface area contributed by atoms with Crippen LogP contribution >= 0.6 is 0 Å². The summed E-state index contributed by atoms with van der Waals surface area (Å²) in [4.78, 5) is 12.3. The van der Waals surface area contributed by atoms with Gasteiger partial charge in [-0.25, -0.2) is 0 Å². The van der Waals surface area contributed by atoms with Crippen molar-refractivity contribution in [2.75, 3.05) is 11.9 Å². The number of rotatable bonds is 8. The van der Waals surface area contributed by atoms with Crippen molar-refractivity contribution in [3.05, 3.63) is 29.3 Å². The minimum Gasteiger partial charge on any atom is -0.385 e. The molecule has 0 aliphatic heterocycles. The van der Waals surface area contributed by atoms with Crippen LogP contribution in [0.25, 0.3) is 0 Å². The van der Waals surface area contributed by atoms with E-state index in [1.54, 1.807) is 0 Å². The van der Waals surface area contributed by atoms with Gasteiger partial charge in [0.1, 0.15) is 0 Å². The van der Waals surface area contributed by atoms with E-state index in [9.17, 15) is 4.79 Å². The second kappa shape index (κ2) is 8.71. The zero-order valence-electron chi connectivity index (χ0n) is 14.1. The first-order chi connectivity index (χ1) is 9.93. The number of carbonyl (C=O) groups excluding carboxylic acids is 1. The number of nitrogens with one attached hydrogen (secondary N) is 2. The van der Waals surface area contributed by atoms with Crippen LogP contribution in [0.1, 0.15) is 62.9 Å². The molecule has 0 fully saturated rings. The summed E-state index contributed by atoms with van der Waals surface area (Å²) >= 11 is 0. The number of carbonyl (C=O) groups is 1. The van der Waals surface area contributed by atoms with Crippen molar-refractivity contribution < 1.29 is 4.79 Å². The molecule has 21 heavy (non-hydrogen) atoms. The van der Waals surface area contributed by atoms with E-state index in [1.165, 1.54) is 6.42 Å². The van der Waals surface area contributed by atoms with Crippen molar-refractivity contribution in [3.63, 3.8) is 0 Å². The molecule has 1 unspecified atom stereocenters. The molecule has 0 saturated heterocycles. The van der Waals surface area contributed by atoms with Crippen molar-refractivity contribution in [3.8, 4) is 0 Å². The van der Waals surface area contributed by atoms with E-state index >= 15 is 0 Å². The summed E-state index contributed by atoms with van der Waals surface area (Å²) in [7, 11) is 0. The average molecular weight is 290 g/mol. The highest BCUT2D eigenvalue weighted by molar-refractivity contribution is 5.96. The Balaban J connectivity index is 2.55. The van der Waals surface area contributed by atoms with Crippen LogP contribution in [-0.2, 0) is 0 Å². The van der Waals surface area contributed by atoms with Crippen LogP contribution in [0.2, 0.25) is 0 Å². The number of aryl methyl sites for hydroxylation is 1. The summed E-state index contributed by atoms with van der Waals surface area (Å²) in [6.45, 7) is 11.5. The predicted molar refractivity (Wildman–Crippen MR) is 91.0 cm³/mol.